The zero-order valence-electron chi connectivity index (χ0n) is 14.3. The summed E-state index contributed by atoms with van der Waals surface area (Å²) in [6, 6.07) is 21.6. The maximum atomic E-state index is 6.78. The molecular weight excluding hydrogens is 411 g/mol. The molecule has 0 saturated carbocycles. The molecule has 0 aromatic heterocycles. The molecule has 0 heterocycles. The predicted octanol–water partition coefficient (Wildman–Crippen LogP) is 4.90. The summed E-state index contributed by atoms with van der Waals surface area (Å²) in [5, 5.41) is 2.71. The van der Waals surface area contributed by atoms with Crippen molar-refractivity contribution in [1.29, 1.82) is 0 Å². The Hall–Kier alpha value is -0.913. The first-order valence-electron chi connectivity index (χ1n) is 7.92. The first-order valence-corrected chi connectivity index (χ1v) is 11.1. The molecule has 0 amide bonds. The van der Waals surface area contributed by atoms with Gasteiger partial charge in [0.15, 0.2) is 0 Å². The quantitative estimate of drug-likeness (QED) is 0.479. The maximum absolute atomic E-state index is 6.78. The van der Waals surface area contributed by atoms with Gasteiger partial charge >= 0.3 is 0 Å². The molecule has 23 heavy (non-hydrogen) atoms. The van der Waals surface area contributed by atoms with E-state index in [9.17, 15) is 0 Å². The fourth-order valence-corrected chi connectivity index (χ4v) is 7.79. The molecule has 0 atom stereocenters. The molecule has 122 valence electrons. The molecule has 2 rings (SSSR count). The van der Waals surface area contributed by atoms with Crippen LogP contribution in [0, 0.1) is 0 Å². The van der Waals surface area contributed by atoms with E-state index in [1.54, 1.807) is 0 Å². The van der Waals surface area contributed by atoms with Crippen LogP contribution in [0.1, 0.15) is 27.7 Å². The van der Waals surface area contributed by atoms with Crippen molar-refractivity contribution < 1.29 is 4.43 Å². The van der Waals surface area contributed by atoms with Crippen molar-refractivity contribution in [3.8, 4) is 0 Å². The van der Waals surface area contributed by atoms with Crippen LogP contribution >= 0.6 is 22.6 Å². The fraction of sp³-hybridized carbons (Fsp3) is 0.300. The first kappa shape index (κ1) is 18.4. The lowest BCUT2D eigenvalue weighted by molar-refractivity contribution is 0.330. The van der Waals surface area contributed by atoms with Gasteiger partial charge in [-0.2, -0.15) is 0 Å². The van der Waals surface area contributed by atoms with Crippen LogP contribution in [0.5, 0.6) is 0 Å². The van der Waals surface area contributed by atoms with Crippen LogP contribution in [0.2, 0.25) is 5.04 Å². The van der Waals surface area contributed by atoms with Crippen molar-refractivity contribution in [2.45, 2.75) is 32.7 Å². The monoisotopic (exact) mass is 436 g/mol. The van der Waals surface area contributed by atoms with Gasteiger partial charge in [-0.05, 0) is 32.0 Å². The predicted molar refractivity (Wildman–Crippen MR) is 111 cm³/mol. The van der Waals surface area contributed by atoms with E-state index in [0.717, 1.165) is 0 Å². The maximum Gasteiger partial charge on any atom is 0.261 e. The van der Waals surface area contributed by atoms with Crippen molar-refractivity contribution in [2.75, 3.05) is 6.61 Å². The molecule has 2 aromatic carbocycles. The van der Waals surface area contributed by atoms with Gasteiger partial charge < -0.3 is 4.43 Å². The van der Waals surface area contributed by atoms with E-state index in [1.807, 2.05) is 0 Å². The van der Waals surface area contributed by atoms with Crippen LogP contribution in [-0.2, 0) is 4.43 Å². The van der Waals surface area contributed by atoms with Gasteiger partial charge in [-0.3, -0.25) is 0 Å². The van der Waals surface area contributed by atoms with Gasteiger partial charge in [0, 0.05) is 0 Å². The molecule has 3 heteroatoms. The minimum Gasteiger partial charge on any atom is -0.403 e. The SMILES string of the molecule is C/C(=C/I)CO[Si](c1ccccc1)(c1ccccc1)C(C)(C)C. The summed E-state index contributed by atoms with van der Waals surface area (Å²) in [6.07, 6.45) is 0. The second-order valence-corrected chi connectivity index (χ2v) is 11.8. The van der Waals surface area contributed by atoms with Gasteiger partial charge in [0.2, 0.25) is 0 Å². The average molecular weight is 436 g/mol. The molecule has 0 saturated heterocycles. The van der Waals surface area contributed by atoms with Crippen LogP contribution in [-0.4, -0.2) is 14.9 Å². The molecule has 0 radical (unpaired) electrons. The van der Waals surface area contributed by atoms with Gasteiger partial charge in [0.1, 0.15) is 0 Å². The first-order chi connectivity index (χ1) is 10.9. The molecule has 1 nitrogen and oxygen atoms in total. The Bertz CT molecular complexity index is 605. The fourth-order valence-electron chi connectivity index (χ4n) is 3.02. The second kappa shape index (κ2) is 7.77. The summed E-state index contributed by atoms with van der Waals surface area (Å²) in [6.45, 7) is 9.73. The summed E-state index contributed by atoms with van der Waals surface area (Å²) in [7, 11) is -2.37. The standard InChI is InChI=1S/C20H25IOSi/c1-17(15-21)16-22-23(20(2,3)4,18-11-7-5-8-12-18)19-13-9-6-10-14-19/h5-15H,16H2,1-4H3/b17-15-. The van der Waals surface area contributed by atoms with E-state index in [-0.39, 0.29) is 5.04 Å². The van der Waals surface area contributed by atoms with Crippen molar-refractivity contribution >= 4 is 41.3 Å². The van der Waals surface area contributed by atoms with Gasteiger partial charge in [-0.25, -0.2) is 0 Å². The van der Waals surface area contributed by atoms with E-state index in [1.165, 1.54) is 15.9 Å². The Kier molecular flexibility index (Phi) is 6.23. The molecule has 0 aliphatic heterocycles. The molecule has 0 spiro atoms. The highest BCUT2D eigenvalue weighted by atomic mass is 127. The third-order valence-electron chi connectivity index (χ3n) is 4.12. The number of hydrogen-bond donors (Lipinski definition) is 0. The number of hydrogen-bond acceptors (Lipinski definition) is 1. The third kappa shape index (κ3) is 3.95. The second-order valence-electron chi connectivity index (χ2n) is 6.91. The zero-order chi connectivity index (χ0) is 16.9. The van der Waals surface area contributed by atoms with E-state index < -0.39 is 8.32 Å². The van der Waals surface area contributed by atoms with Gasteiger partial charge in [-0.15, -0.1) is 0 Å². The summed E-state index contributed by atoms with van der Waals surface area (Å²) in [4.78, 5) is 0. The molecule has 0 bridgehead atoms. The highest BCUT2D eigenvalue weighted by Gasteiger charge is 2.50. The van der Waals surface area contributed by atoms with Crippen molar-refractivity contribution in [3.05, 3.63) is 70.3 Å². The van der Waals surface area contributed by atoms with E-state index in [0.29, 0.717) is 6.61 Å². The molecule has 2 aromatic rings. The Labute approximate surface area is 155 Å². The lowest BCUT2D eigenvalue weighted by Crippen LogP contribution is -2.66. The highest BCUT2D eigenvalue weighted by molar-refractivity contribution is 14.1. The van der Waals surface area contributed by atoms with Crippen LogP contribution in [0.15, 0.2) is 70.3 Å². The van der Waals surface area contributed by atoms with Crippen molar-refractivity contribution in [3.63, 3.8) is 0 Å². The lowest BCUT2D eigenvalue weighted by Gasteiger charge is -2.43. The van der Waals surface area contributed by atoms with Gasteiger partial charge in [0.25, 0.3) is 8.32 Å². The van der Waals surface area contributed by atoms with Crippen LogP contribution in [0.4, 0.5) is 0 Å². The largest absolute Gasteiger partial charge is 0.403 e. The van der Waals surface area contributed by atoms with Gasteiger partial charge in [0.05, 0.1) is 6.61 Å². The van der Waals surface area contributed by atoms with E-state index in [2.05, 4.69) is 115 Å². The van der Waals surface area contributed by atoms with Crippen molar-refractivity contribution in [1.82, 2.24) is 0 Å². The molecule has 0 N–H and O–H groups in total. The van der Waals surface area contributed by atoms with Crippen LogP contribution in [0.25, 0.3) is 0 Å². The Morgan fingerprint density at radius 1 is 0.957 bits per heavy atom. The molecule has 0 unspecified atom stereocenters. The Morgan fingerprint density at radius 2 is 1.39 bits per heavy atom. The Morgan fingerprint density at radius 3 is 1.74 bits per heavy atom. The van der Waals surface area contributed by atoms with Crippen LogP contribution < -0.4 is 10.4 Å². The average Bonchev–Trinajstić information content (AvgIpc) is 2.56. The zero-order valence-corrected chi connectivity index (χ0v) is 17.5. The minimum atomic E-state index is -2.37. The third-order valence-corrected chi connectivity index (χ3v) is 10.2. The van der Waals surface area contributed by atoms with E-state index in [4.69, 9.17) is 4.43 Å². The summed E-state index contributed by atoms with van der Waals surface area (Å²) >= 11 is 2.29. The van der Waals surface area contributed by atoms with Crippen LogP contribution in [0.3, 0.4) is 0 Å². The number of benzene rings is 2. The normalized spacial score (nSPS) is 13.2. The van der Waals surface area contributed by atoms with Gasteiger partial charge in [-0.1, -0.05) is 104 Å². The summed E-state index contributed by atoms with van der Waals surface area (Å²) in [5.74, 6) is 0. The molecule has 0 aliphatic rings. The Balaban J connectivity index is 2.64. The smallest absolute Gasteiger partial charge is 0.261 e. The molecule has 0 aliphatic carbocycles. The highest BCUT2D eigenvalue weighted by Crippen LogP contribution is 2.36. The topological polar surface area (TPSA) is 9.23 Å². The van der Waals surface area contributed by atoms with Crippen molar-refractivity contribution in [2.24, 2.45) is 0 Å². The summed E-state index contributed by atoms with van der Waals surface area (Å²) < 4.78 is 8.89. The molecule has 0 fully saturated rings. The number of halogens is 1. The number of rotatable bonds is 5. The molecular formula is C20H25IOSi. The lowest BCUT2D eigenvalue weighted by atomic mass is 10.2. The minimum absolute atomic E-state index is 0.0429. The summed E-state index contributed by atoms with van der Waals surface area (Å²) in [5.41, 5.74) is 1.26. The van der Waals surface area contributed by atoms with E-state index >= 15 is 0 Å².